The fourth-order valence-electron chi connectivity index (χ4n) is 2.80. The highest BCUT2D eigenvalue weighted by Crippen LogP contribution is 2.23. The van der Waals surface area contributed by atoms with Crippen molar-refractivity contribution in [3.63, 3.8) is 0 Å². The molecule has 0 radical (unpaired) electrons. The van der Waals surface area contributed by atoms with Crippen LogP contribution in [0, 0.1) is 5.92 Å². The smallest absolute Gasteiger partial charge is 0.410 e. The first-order chi connectivity index (χ1) is 11.7. The molecule has 0 saturated carbocycles. The molecule has 0 saturated heterocycles. The Morgan fingerprint density at radius 3 is 2.32 bits per heavy atom. The second-order valence-corrected chi connectivity index (χ2v) is 7.93. The zero-order valence-corrected chi connectivity index (χ0v) is 16.8. The average Bonchev–Trinajstić information content (AvgIpc) is 2.52. The minimum atomic E-state index is -0.452. The molecule has 0 aliphatic heterocycles. The van der Waals surface area contributed by atoms with Crippen LogP contribution in [0.3, 0.4) is 0 Å². The van der Waals surface area contributed by atoms with Crippen LogP contribution >= 0.6 is 0 Å². The monoisotopic (exact) mass is 348 g/mol. The third-order valence-corrected chi connectivity index (χ3v) is 4.10. The number of ether oxygens (including phenoxy) is 1. The summed E-state index contributed by atoms with van der Waals surface area (Å²) in [6, 6.07) is 10.6. The minimum absolute atomic E-state index is 0.223. The Bertz CT molecular complexity index is 494. The Balaban J connectivity index is 2.50. The lowest BCUT2D eigenvalue weighted by Gasteiger charge is -2.28. The number of carbonyl (C=O) groups excluding carboxylic acids is 1. The molecule has 4 nitrogen and oxygen atoms in total. The molecule has 1 rings (SSSR count). The molecule has 1 N–H and O–H groups in total. The topological polar surface area (TPSA) is 41.6 Å². The van der Waals surface area contributed by atoms with Crippen molar-refractivity contribution < 1.29 is 9.53 Å². The summed E-state index contributed by atoms with van der Waals surface area (Å²) < 4.78 is 5.50. The van der Waals surface area contributed by atoms with Crippen LogP contribution in [0.5, 0.6) is 0 Å². The molecule has 1 aromatic carbocycles. The second-order valence-electron chi connectivity index (χ2n) is 7.93. The SMILES string of the molecule is CCCN(CCNCC(c1ccccc1)C(C)C)C(=O)OC(C)(C)C. The maximum Gasteiger partial charge on any atom is 0.410 e. The molecule has 1 unspecified atom stereocenters. The van der Waals surface area contributed by atoms with Crippen LogP contribution in [0.1, 0.15) is 59.4 Å². The van der Waals surface area contributed by atoms with E-state index in [9.17, 15) is 4.79 Å². The number of amides is 1. The third-order valence-electron chi connectivity index (χ3n) is 4.10. The predicted octanol–water partition coefficient (Wildman–Crippen LogP) is 4.66. The predicted molar refractivity (Wildman–Crippen MR) is 105 cm³/mol. The fourth-order valence-corrected chi connectivity index (χ4v) is 2.80. The summed E-state index contributed by atoms with van der Waals surface area (Å²) in [6.07, 6.45) is 0.706. The van der Waals surface area contributed by atoms with Gasteiger partial charge in [-0.1, -0.05) is 51.1 Å². The molecule has 0 spiro atoms. The average molecular weight is 349 g/mol. The van der Waals surface area contributed by atoms with Gasteiger partial charge in [0.25, 0.3) is 0 Å². The summed E-state index contributed by atoms with van der Waals surface area (Å²) in [5.41, 5.74) is 0.912. The van der Waals surface area contributed by atoms with Crippen molar-refractivity contribution >= 4 is 6.09 Å². The highest BCUT2D eigenvalue weighted by Gasteiger charge is 2.21. The first-order valence-electron chi connectivity index (χ1n) is 9.48. The number of hydrogen-bond acceptors (Lipinski definition) is 3. The number of nitrogens with one attached hydrogen (secondary N) is 1. The largest absolute Gasteiger partial charge is 0.444 e. The molecule has 1 aromatic rings. The van der Waals surface area contributed by atoms with Gasteiger partial charge in [0, 0.05) is 26.2 Å². The van der Waals surface area contributed by atoms with Gasteiger partial charge in [-0.05, 0) is 44.6 Å². The lowest BCUT2D eigenvalue weighted by molar-refractivity contribution is 0.0251. The molecule has 0 heterocycles. The molecule has 1 atom stereocenters. The number of benzene rings is 1. The highest BCUT2D eigenvalue weighted by molar-refractivity contribution is 5.68. The van der Waals surface area contributed by atoms with E-state index in [1.54, 1.807) is 4.90 Å². The van der Waals surface area contributed by atoms with E-state index in [0.717, 1.165) is 26.1 Å². The molecule has 0 aliphatic carbocycles. The quantitative estimate of drug-likeness (QED) is 0.660. The van der Waals surface area contributed by atoms with Crippen molar-refractivity contribution in [1.29, 1.82) is 0 Å². The molecule has 142 valence electrons. The molecule has 1 amide bonds. The van der Waals surface area contributed by atoms with Crippen molar-refractivity contribution in [2.75, 3.05) is 26.2 Å². The van der Waals surface area contributed by atoms with Crippen LogP contribution in [0.15, 0.2) is 30.3 Å². The third kappa shape index (κ3) is 8.39. The van der Waals surface area contributed by atoms with E-state index in [4.69, 9.17) is 4.74 Å². The van der Waals surface area contributed by atoms with Crippen LogP contribution in [0.25, 0.3) is 0 Å². The Labute approximate surface area is 153 Å². The van der Waals surface area contributed by atoms with Gasteiger partial charge in [-0.3, -0.25) is 0 Å². The van der Waals surface area contributed by atoms with E-state index in [2.05, 4.69) is 56.4 Å². The number of nitrogens with zero attached hydrogens (tertiary/aromatic N) is 1. The Morgan fingerprint density at radius 2 is 1.80 bits per heavy atom. The summed E-state index contributed by atoms with van der Waals surface area (Å²) in [5.74, 6) is 1.04. The van der Waals surface area contributed by atoms with Crippen molar-refractivity contribution in [1.82, 2.24) is 10.2 Å². The van der Waals surface area contributed by atoms with Crippen molar-refractivity contribution in [2.24, 2.45) is 5.92 Å². The minimum Gasteiger partial charge on any atom is -0.444 e. The van der Waals surface area contributed by atoms with Crippen LogP contribution in [0.2, 0.25) is 0 Å². The van der Waals surface area contributed by atoms with Gasteiger partial charge in [0.2, 0.25) is 0 Å². The normalized spacial score (nSPS) is 12.9. The highest BCUT2D eigenvalue weighted by atomic mass is 16.6. The first kappa shape index (κ1) is 21.5. The molecule has 0 aliphatic rings. The van der Waals surface area contributed by atoms with Gasteiger partial charge in [-0.15, -0.1) is 0 Å². The standard InChI is InChI=1S/C21H36N2O2/c1-7-14-23(20(24)25-21(4,5)6)15-13-22-16-19(17(2)3)18-11-9-8-10-12-18/h8-12,17,19,22H,7,13-16H2,1-6H3. The summed E-state index contributed by atoms with van der Waals surface area (Å²) in [6.45, 7) is 15.4. The molecule has 0 fully saturated rings. The van der Waals surface area contributed by atoms with Crippen LogP contribution in [0.4, 0.5) is 4.79 Å². The number of rotatable bonds is 9. The lowest BCUT2D eigenvalue weighted by atomic mass is 9.88. The Hall–Kier alpha value is -1.55. The molecule has 0 aromatic heterocycles. The summed E-state index contributed by atoms with van der Waals surface area (Å²) in [4.78, 5) is 14.1. The Morgan fingerprint density at radius 1 is 1.16 bits per heavy atom. The van der Waals surface area contributed by atoms with Crippen molar-refractivity contribution in [3.05, 3.63) is 35.9 Å². The molecule has 4 heteroatoms. The van der Waals surface area contributed by atoms with E-state index in [1.165, 1.54) is 5.56 Å². The lowest BCUT2D eigenvalue weighted by Crippen LogP contribution is -2.41. The molecular weight excluding hydrogens is 312 g/mol. The molecular formula is C21H36N2O2. The number of carbonyl (C=O) groups is 1. The second kappa shape index (κ2) is 10.4. The van der Waals surface area contributed by atoms with E-state index in [-0.39, 0.29) is 6.09 Å². The summed E-state index contributed by atoms with van der Waals surface area (Å²) >= 11 is 0. The van der Waals surface area contributed by atoms with Crippen molar-refractivity contribution in [2.45, 2.75) is 59.5 Å². The van der Waals surface area contributed by atoms with Crippen molar-refractivity contribution in [3.8, 4) is 0 Å². The fraction of sp³-hybridized carbons (Fsp3) is 0.667. The molecule has 0 bridgehead atoms. The van der Waals surface area contributed by atoms with Gasteiger partial charge in [0.05, 0.1) is 0 Å². The van der Waals surface area contributed by atoms with Gasteiger partial charge >= 0.3 is 6.09 Å². The zero-order chi connectivity index (χ0) is 18.9. The van der Waals surface area contributed by atoms with Crippen LogP contribution in [-0.4, -0.2) is 42.8 Å². The van der Waals surface area contributed by atoms with E-state index < -0.39 is 5.60 Å². The number of hydrogen-bond donors (Lipinski definition) is 1. The Kier molecular flexibility index (Phi) is 8.98. The van der Waals surface area contributed by atoms with Crippen LogP contribution < -0.4 is 5.32 Å². The first-order valence-corrected chi connectivity index (χ1v) is 9.48. The van der Waals surface area contributed by atoms with E-state index >= 15 is 0 Å². The van der Waals surface area contributed by atoms with Gasteiger partial charge in [-0.2, -0.15) is 0 Å². The van der Waals surface area contributed by atoms with E-state index in [1.807, 2.05) is 20.8 Å². The van der Waals surface area contributed by atoms with Gasteiger partial charge < -0.3 is 15.0 Å². The van der Waals surface area contributed by atoms with Gasteiger partial charge in [0.15, 0.2) is 0 Å². The zero-order valence-electron chi connectivity index (χ0n) is 16.8. The maximum absolute atomic E-state index is 12.3. The van der Waals surface area contributed by atoms with Gasteiger partial charge in [-0.25, -0.2) is 4.79 Å². The maximum atomic E-state index is 12.3. The van der Waals surface area contributed by atoms with Crippen LogP contribution in [-0.2, 0) is 4.74 Å². The summed E-state index contributed by atoms with van der Waals surface area (Å²) in [5, 5.41) is 3.52. The van der Waals surface area contributed by atoms with Gasteiger partial charge in [0.1, 0.15) is 5.60 Å². The molecule has 25 heavy (non-hydrogen) atoms. The van der Waals surface area contributed by atoms with E-state index in [0.29, 0.717) is 18.4 Å². The summed E-state index contributed by atoms with van der Waals surface area (Å²) in [7, 11) is 0.